The molecule has 0 spiro atoms. The van der Waals surface area contributed by atoms with Crippen molar-refractivity contribution in [2.45, 2.75) is 71.0 Å². The Hall–Kier alpha value is 0.137. The minimum Gasteiger partial charge on any atom is -0.416 e. The van der Waals surface area contributed by atoms with Crippen LogP contribution in [0.3, 0.4) is 0 Å². The van der Waals surface area contributed by atoms with Crippen LogP contribution in [0.4, 0.5) is 0 Å². The topological polar surface area (TPSA) is 29.5 Å². The normalized spacial score (nSPS) is 21.0. The van der Waals surface area contributed by atoms with Crippen LogP contribution in [0.25, 0.3) is 0 Å². The summed E-state index contributed by atoms with van der Waals surface area (Å²) < 4.78 is 6.28. The zero-order valence-corrected chi connectivity index (χ0v) is 14.0. The van der Waals surface area contributed by atoms with Gasteiger partial charge in [0.05, 0.1) is 0 Å². The first-order chi connectivity index (χ1) is 8.28. The minimum atomic E-state index is -1.66. The van der Waals surface area contributed by atoms with E-state index in [0.717, 1.165) is 6.61 Å². The highest BCUT2D eigenvalue weighted by atomic mass is 28.4. The molecule has 1 aliphatic carbocycles. The Bertz CT molecular complexity index is 239. The Morgan fingerprint density at radius 2 is 1.72 bits per heavy atom. The third-order valence-corrected chi connectivity index (χ3v) is 9.52. The van der Waals surface area contributed by atoms with Crippen molar-refractivity contribution in [1.82, 2.24) is 0 Å². The molecule has 1 aliphatic rings. The van der Waals surface area contributed by atoms with Crippen LogP contribution in [0.15, 0.2) is 0 Å². The van der Waals surface area contributed by atoms with Gasteiger partial charge in [0.25, 0.3) is 0 Å². The van der Waals surface area contributed by atoms with E-state index in [1.165, 1.54) is 32.1 Å². The fourth-order valence-corrected chi connectivity index (χ4v) is 3.54. The molecule has 0 aromatic heterocycles. The molecule has 0 heterocycles. The van der Waals surface area contributed by atoms with Gasteiger partial charge in [-0.2, -0.15) is 0 Å². The van der Waals surface area contributed by atoms with E-state index in [0.29, 0.717) is 18.4 Å². The number of rotatable bonds is 5. The van der Waals surface area contributed by atoms with Crippen LogP contribution in [0, 0.1) is 11.8 Å². The summed E-state index contributed by atoms with van der Waals surface area (Å²) >= 11 is 0. The maximum atomic E-state index is 9.61. The van der Waals surface area contributed by atoms with E-state index in [-0.39, 0.29) is 5.04 Å². The molecule has 108 valence electrons. The molecule has 3 heteroatoms. The highest BCUT2D eigenvalue weighted by Crippen LogP contribution is 2.38. The monoisotopic (exact) mass is 272 g/mol. The summed E-state index contributed by atoms with van der Waals surface area (Å²) in [5, 5.41) is 9.88. The van der Waals surface area contributed by atoms with Gasteiger partial charge in [0.1, 0.15) is 0 Å². The molecule has 1 fully saturated rings. The van der Waals surface area contributed by atoms with Gasteiger partial charge < -0.3 is 9.53 Å². The molecule has 0 radical (unpaired) electrons. The predicted molar refractivity (Wildman–Crippen MR) is 80.3 cm³/mol. The van der Waals surface area contributed by atoms with Crippen molar-refractivity contribution >= 4 is 8.32 Å². The van der Waals surface area contributed by atoms with E-state index in [1.54, 1.807) is 0 Å². The Labute approximate surface area is 114 Å². The van der Waals surface area contributed by atoms with Crippen LogP contribution >= 0.6 is 0 Å². The number of aliphatic hydroxyl groups is 1. The standard InChI is InChI=1S/C15H32O2Si/c1-15(2,3)18(4,5)17-12-14(11-16)13-9-7-6-8-10-13/h13-14,16H,6-12H2,1-5H3. The number of aliphatic hydroxyl groups excluding tert-OH is 1. The number of hydrogen-bond donors (Lipinski definition) is 1. The Balaban J connectivity index is 2.48. The van der Waals surface area contributed by atoms with Crippen molar-refractivity contribution in [3.63, 3.8) is 0 Å². The molecule has 0 amide bonds. The molecule has 0 aliphatic heterocycles. The summed E-state index contributed by atoms with van der Waals surface area (Å²) in [6.07, 6.45) is 6.61. The van der Waals surface area contributed by atoms with Crippen LogP contribution in [0.2, 0.25) is 18.1 Å². The van der Waals surface area contributed by atoms with Gasteiger partial charge in [-0.15, -0.1) is 0 Å². The summed E-state index contributed by atoms with van der Waals surface area (Å²) in [5.41, 5.74) is 0. The lowest BCUT2D eigenvalue weighted by Crippen LogP contribution is -2.43. The van der Waals surface area contributed by atoms with E-state index in [1.807, 2.05) is 0 Å². The molecule has 18 heavy (non-hydrogen) atoms. The molecule has 1 unspecified atom stereocenters. The summed E-state index contributed by atoms with van der Waals surface area (Å²) in [5.74, 6) is 1.05. The Kier molecular flexibility index (Phi) is 5.88. The third-order valence-electron chi connectivity index (χ3n) is 5.02. The van der Waals surface area contributed by atoms with Gasteiger partial charge in [-0.05, 0) is 24.1 Å². The molecule has 0 saturated heterocycles. The van der Waals surface area contributed by atoms with Crippen LogP contribution in [-0.2, 0) is 4.43 Å². The fraction of sp³-hybridized carbons (Fsp3) is 1.00. The first kappa shape index (κ1) is 16.2. The quantitative estimate of drug-likeness (QED) is 0.760. The van der Waals surface area contributed by atoms with Crippen molar-refractivity contribution in [1.29, 1.82) is 0 Å². The van der Waals surface area contributed by atoms with Crippen molar-refractivity contribution in [2.24, 2.45) is 11.8 Å². The average Bonchev–Trinajstić information content (AvgIpc) is 2.29. The minimum absolute atomic E-state index is 0.263. The van der Waals surface area contributed by atoms with Gasteiger partial charge in [0.15, 0.2) is 8.32 Å². The van der Waals surface area contributed by atoms with Gasteiger partial charge in [0.2, 0.25) is 0 Å². The van der Waals surface area contributed by atoms with E-state index in [9.17, 15) is 5.11 Å². The second kappa shape index (κ2) is 6.53. The molecule has 1 rings (SSSR count). The molecule has 0 aromatic rings. The predicted octanol–water partition coefficient (Wildman–Crippen LogP) is 4.20. The number of hydrogen-bond acceptors (Lipinski definition) is 2. The van der Waals surface area contributed by atoms with Crippen molar-refractivity contribution < 1.29 is 9.53 Å². The Morgan fingerprint density at radius 1 is 1.17 bits per heavy atom. The maximum Gasteiger partial charge on any atom is 0.191 e. The summed E-state index contributed by atoms with van der Waals surface area (Å²) in [4.78, 5) is 0. The smallest absolute Gasteiger partial charge is 0.191 e. The molecular formula is C15H32O2Si. The maximum absolute atomic E-state index is 9.61. The lowest BCUT2D eigenvalue weighted by Gasteiger charge is -2.38. The highest BCUT2D eigenvalue weighted by Gasteiger charge is 2.38. The van der Waals surface area contributed by atoms with Crippen LogP contribution in [0.5, 0.6) is 0 Å². The van der Waals surface area contributed by atoms with Gasteiger partial charge in [-0.3, -0.25) is 0 Å². The first-order valence-electron chi connectivity index (χ1n) is 7.53. The lowest BCUT2D eigenvalue weighted by molar-refractivity contribution is 0.0924. The van der Waals surface area contributed by atoms with E-state index in [2.05, 4.69) is 33.9 Å². The second-order valence-electron chi connectivity index (χ2n) is 7.41. The zero-order valence-electron chi connectivity index (χ0n) is 13.0. The van der Waals surface area contributed by atoms with Gasteiger partial charge in [0, 0.05) is 19.1 Å². The van der Waals surface area contributed by atoms with Crippen molar-refractivity contribution in [3.8, 4) is 0 Å². The van der Waals surface area contributed by atoms with Crippen molar-refractivity contribution in [2.75, 3.05) is 13.2 Å². The molecule has 0 bridgehead atoms. The second-order valence-corrected chi connectivity index (χ2v) is 12.2. The van der Waals surface area contributed by atoms with E-state index < -0.39 is 8.32 Å². The van der Waals surface area contributed by atoms with Gasteiger partial charge in [-0.1, -0.05) is 52.9 Å². The molecule has 2 nitrogen and oxygen atoms in total. The summed E-state index contributed by atoms with van der Waals surface area (Å²) in [6.45, 7) is 12.5. The van der Waals surface area contributed by atoms with Crippen LogP contribution in [0.1, 0.15) is 52.9 Å². The fourth-order valence-electron chi connectivity index (χ4n) is 2.48. The van der Waals surface area contributed by atoms with E-state index in [4.69, 9.17) is 4.43 Å². The molecular weight excluding hydrogens is 240 g/mol. The lowest BCUT2D eigenvalue weighted by atomic mass is 9.81. The molecule has 1 atom stereocenters. The molecule has 1 saturated carbocycles. The van der Waals surface area contributed by atoms with Crippen LogP contribution in [-0.4, -0.2) is 26.6 Å². The molecule has 1 N–H and O–H groups in total. The van der Waals surface area contributed by atoms with E-state index >= 15 is 0 Å². The van der Waals surface area contributed by atoms with Gasteiger partial charge in [-0.25, -0.2) is 0 Å². The third kappa shape index (κ3) is 4.36. The largest absolute Gasteiger partial charge is 0.416 e. The van der Waals surface area contributed by atoms with Crippen molar-refractivity contribution in [3.05, 3.63) is 0 Å². The summed E-state index contributed by atoms with van der Waals surface area (Å²) in [6, 6.07) is 0. The zero-order chi connectivity index (χ0) is 13.8. The summed E-state index contributed by atoms with van der Waals surface area (Å²) in [7, 11) is -1.66. The Morgan fingerprint density at radius 3 is 2.17 bits per heavy atom. The molecule has 0 aromatic carbocycles. The van der Waals surface area contributed by atoms with Crippen LogP contribution < -0.4 is 0 Å². The first-order valence-corrected chi connectivity index (χ1v) is 10.4. The van der Waals surface area contributed by atoms with Gasteiger partial charge >= 0.3 is 0 Å². The SMILES string of the molecule is CC(C)(C)[Si](C)(C)OCC(CO)C1CCCCC1. The average molecular weight is 273 g/mol. The highest BCUT2D eigenvalue weighted by molar-refractivity contribution is 6.74.